The zero-order valence-electron chi connectivity index (χ0n) is 29.9. The molecule has 0 aliphatic rings. The van der Waals surface area contributed by atoms with Gasteiger partial charge in [0.25, 0.3) is 0 Å². The number of carbonyl (C=O) groups excluding carboxylic acids is 3. The first-order valence-corrected chi connectivity index (χ1v) is 19.2. The van der Waals surface area contributed by atoms with E-state index in [4.69, 9.17) is 14.2 Å². The predicted octanol–water partition coefficient (Wildman–Crippen LogP) is 11.5. The van der Waals surface area contributed by atoms with Gasteiger partial charge in [0, 0.05) is 19.3 Å². The molecule has 0 spiro atoms. The molecule has 0 aliphatic carbocycles. The standard InChI is InChI=1S/C39H72O6/c1-4-7-9-11-13-15-17-18-19-20-22-24-26-28-30-33-39(42)45-36(34-43-37(40)31-6-3)35-44-38(41)32-29-27-25-23-21-16-14-12-10-8-5-2/h18-19,36H,4-17,20-35H2,1-3H3. The van der Waals surface area contributed by atoms with Crippen LogP contribution in [0.3, 0.4) is 0 Å². The summed E-state index contributed by atoms with van der Waals surface area (Å²) in [6.07, 6.45) is 34.7. The van der Waals surface area contributed by atoms with Gasteiger partial charge in [-0.15, -0.1) is 0 Å². The van der Waals surface area contributed by atoms with E-state index in [1.165, 1.54) is 109 Å². The van der Waals surface area contributed by atoms with E-state index in [2.05, 4.69) is 26.0 Å². The highest BCUT2D eigenvalue weighted by atomic mass is 16.6. The van der Waals surface area contributed by atoms with E-state index in [1.54, 1.807) is 0 Å². The average molecular weight is 637 g/mol. The fraction of sp³-hybridized carbons (Fsp3) is 0.872. The maximum absolute atomic E-state index is 12.5. The van der Waals surface area contributed by atoms with Crippen LogP contribution >= 0.6 is 0 Å². The highest BCUT2D eigenvalue weighted by Crippen LogP contribution is 2.13. The minimum Gasteiger partial charge on any atom is -0.462 e. The summed E-state index contributed by atoms with van der Waals surface area (Å²) < 4.78 is 16.2. The first-order chi connectivity index (χ1) is 22.0. The van der Waals surface area contributed by atoms with Crippen molar-refractivity contribution in [1.29, 1.82) is 0 Å². The number of hydrogen-bond donors (Lipinski definition) is 0. The molecule has 45 heavy (non-hydrogen) atoms. The minimum atomic E-state index is -0.761. The molecule has 0 N–H and O–H groups in total. The molecule has 0 amide bonds. The number of rotatable bonds is 34. The summed E-state index contributed by atoms with van der Waals surface area (Å²) >= 11 is 0. The summed E-state index contributed by atoms with van der Waals surface area (Å²) in [5.41, 5.74) is 0. The quantitative estimate of drug-likeness (QED) is 0.0303. The molecular weight excluding hydrogens is 564 g/mol. The van der Waals surface area contributed by atoms with Crippen LogP contribution in [0.15, 0.2) is 12.2 Å². The molecule has 0 heterocycles. The Balaban J connectivity index is 4.04. The first kappa shape index (κ1) is 43.1. The number of unbranched alkanes of at least 4 members (excludes halogenated alkanes) is 21. The predicted molar refractivity (Wildman–Crippen MR) is 187 cm³/mol. The van der Waals surface area contributed by atoms with E-state index in [-0.39, 0.29) is 31.1 Å². The van der Waals surface area contributed by atoms with Crippen LogP contribution in [-0.4, -0.2) is 37.2 Å². The zero-order valence-corrected chi connectivity index (χ0v) is 29.9. The topological polar surface area (TPSA) is 78.9 Å². The molecule has 0 rings (SSSR count). The van der Waals surface area contributed by atoms with Crippen molar-refractivity contribution in [3.63, 3.8) is 0 Å². The van der Waals surface area contributed by atoms with Crippen molar-refractivity contribution in [2.45, 2.75) is 207 Å². The monoisotopic (exact) mass is 637 g/mol. The van der Waals surface area contributed by atoms with Crippen molar-refractivity contribution in [1.82, 2.24) is 0 Å². The van der Waals surface area contributed by atoms with Crippen LogP contribution in [-0.2, 0) is 28.6 Å². The molecule has 6 nitrogen and oxygen atoms in total. The van der Waals surface area contributed by atoms with Gasteiger partial charge in [-0.05, 0) is 44.9 Å². The van der Waals surface area contributed by atoms with Crippen molar-refractivity contribution in [2.75, 3.05) is 13.2 Å². The Kier molecular flexibility index (Phi) is 33.6. The van der Waals surface area contributed by atoms with Gasteiger partial charge in [-0.25, -0.2) is 0 Å². The third kappa shape index (κ3) is 33.3. The minimum absolute atomic E-state index is 0.0750. The Bertz CT molecular complexity index is 704. The van der Waals surface area contributed by atoms with Gasteiger partial charge in [0.05, 0.1) is 0 Å². The van der Waals surface area contributed by atoms with E-state index >= 15 is 0 Å². The third-order valence-corrected chi connectivity index (χ3v) is 8.24. The molecule has 0 aromatic carbocycles. The van der Waals surface area contributed by atoms with Gasteiger partial charge in [-0.3, -0.25) is 14.4 Å². The van der Waals surface area contributed by atoms with Crippen LogP contribution in [0.2, 0.25) is 0 Å². The Morgan fingerprint density at radius 2 is 0.778 bits per heavy atom. The lowest BCUT2D eigenvalue weighted by Gasteiger charge is -2.18. The summed E-state index contributed by atoms with van der Waals surface area (Å²) in [6.45, 7) is 6.25. The van der Waals surface area contributed by atoms with Gasteiger partial charge < -0.3 is 14.2 Å². The van der Waals surface area contributed by atoms with Crippen LogP contribution in [0.4, 0.5) is 0 Å². The normalized spacial score (nSPS) is 12.0. The fourth-order valence-electron chi connectivity index (χ4n) is 5.35. The summed E-state index contributed by atoms with van der Waals surface area (Å²) in [7, 11) is 0. The third-order valence-electron chi connectivity index (χ3n) is 8.24. The van der Waals surface area contributed by atoms with Gasteiger partial charge in [0.2, 0.25) is 0 Å². The van der Waals surface area contributed by atoms with Crippen molar-refractivity contribution < 1.29 is 28.6 Å². The Hall–Kier alpha value is -1.85. The van der Waals surface area contributed by atoms with Crippen molar-refractivity contribution >= 4 is 17.9 Å². The van der Waals surface area contributed by atoms with Gasteiger partial charge in [0.15, 0.2) is 6.10 Å². The van der Waals surface area contributed by atoms with Crippen LogP contribution in [0.5, 0.6) is 0 Å². The van der Waals surface area contributed by atoms with Crippen molar-refractivity contribution in [3.8, 4) is 0 Å². The Morgan fingerprint density at radius 3 is 1.20 bits per heavy atom. The lowest BCUT2D eigenvalue weighted by molar-refractivity contribution is -0.167. The summed E-state index contributed by atoms with van der Waals surface area (Å²) in [5, 5.41) is 0. The average Bonchev–Trinajstić information content (AvgIpc) is 3.03. The molecule has 0 saturated heterocycles. The largest absolute Gasteiger partial charge is 0.462 e. The van der Waals surface area contributed by atoms with Crippen molar-refractivity contribution in [3.05, 3.63) is 12.2 Å². The number of esters is 3. The second kappa shape index (κ2) is 35.0. The molecule has 1 atom stereocenters. The smallest absolute Gasteiger partial charge is 0.306 e. The number of ether oxygens (including phenoxy) is 3. The molecule has 0 aliphatic heterocycles. The maximum Gasteiger partial charge on any atom is 0.306 e. The summed E-state index contributed by atoms with van der Waals surface area (Å²) in [4.78, 5) is 36.6. The molecule has 264 valence electrons. The lowest BCUT2D eigenvalue weighted by Crippen LogP contribution is -2.30. The molecule has 0 bridgehead atoms. The van der Waals surface area contributed by atoms with Gasteiger partial charge >= 0.3 is 17.9 Å². The number of carbonyl (C=O) groups is 3. The lowest BCUT2D eigenvalue weighted by atomic mass is 10.1. The molecule has 0 aromatic heterocycles. The summed E-state index contributed by atoms with van der Waals surface area (Å²) in [6, 6.07) is 0. The summed E-state index contributed by atoms with van der Waals surface area (Å²) in [5.74, 6) is -0.946. The molecule has 0 saturated carbocycles. The number of hydrogen-bond acceptors (Lipinski definition) is 6. The Morgan fingerprint density at radius 1 is 0.422 bits per heavy atom. The van der Waals surface area contributed by atoms with Crippen LogP contribution in [0, 0.1) is 0 Å². The SMILES string of the molecule is CCCCCCCCC=CCCCCCCCC(=O)OC(COC(=O)CCC)COC(=O)CCCCCCCCCCCCC. The maximum atomic E-state index is 12.5. The highest BCUT2D eigenvalue weighted by molar-refractivity contribution is 5.71. The van der Waals surface area contributed by atoms with E-state index in [9.17, 15) is 14.4 Å². The molecule has 0 fully saturated rings. The van der Waals surface area contributed by atoms with Crippen LogP contribution < -0.4 is 0 Å². The molecule has 0 radical (unpaired) electrons. The van der Waals surface area contributed by atoms with Crippen LogP contribution in [0.1, 0.15) is 201 Å². The second-order valence-electron chi connectivity index (χ2n) is 12.8. The Labute approximate surface area is 278 Å². The van der Waals surface area contributed by atoms with E-state index in [0.717, 1.165) is 44.9 Å². The van der Waals surface area contributed by atoms with Gasteiger partial charge in [0.1, 0.15) is 13.2 Å². The van der Waals surface area contributed by atoms with E-state index in [1.807, 2.05) is 6.92 Å². The molecule has 0 aromatic rings. The molecule has 6 heteroatoms. The number of allylic oxidation sites excluding steroid dienone is 2. The molecular formula is C39H72O6. The van der Waals surface area contributed by atoms with E-state index < -0.39 is 6.10 Å². The zero-order chi connectivity index (χ0) is 33.1. The first-order valence-electron chi connectivity index (χ1n) is 19.2. The molecule has 1 unspecified atom stereocenters. The second-order valence-corrected chi connectivity index (χ2v) is 12.8. The fourth-order valence-corrected chi connectivity index (χ4v) is 5.35. The van der Waals surface area contributed by atoms with Gasteiger partial charge in [-0.1, -0.05) is 148 Å². The highest BCUT2D eigenvalue weighted by Gasteiger charge is 2.19. The van der Waals surface area contributed by atoms with Gasteiger partial charge in [-0.2, -0.15) is 0 Å². The van der Waals surface area contributed by atoms with Crippen molar-refractivity contribution in [2.24, 2.45) is 0 Å². The van der Waals surface area contributed by atoms with Crippen LogP contribution in [0.25, 0.3) is 0 Å². The van der Waals surface area contributed by atoms with E-state index in [0.29, 0.717) is 25.7 Å².